The number of hydrogen-bond donors (Lipinski definition) is 6. The molecule has 0 aliphatic carbocycles. The number of azo groups is 2. The molecule has 0 radical (unpaired) electrons. The number of nitrogen functional groups attached to an aromatic ring is 1. The Balaban J connectivity index is 1.84. The van der Waals surface area contributed by atoms with E-state index in [9.17, 15) is 43.3 Å². The minimum Gasteiger partial charge on any atom is -0.505 e. The lowest BCUT2D eigenvalue weighted by atomic mass is 10.1. The van der Waals surface area contributed by atoms with Crippen molar-refractivity contribution in [2.24, 2.45) is 20.5 Å². The van der Waals surface area contributed by atoms with Crippen LogP contribution in [-0.4, -0.2) is 97.3 Å². The molecule has 0 bridgehead atoms. The summed E-state index contributed by atoms with van der Waals surface area (Å²) in [6.07, 6.45) is 0. The van der Waals surface area contributed by atoms with Gasteiger partial charge in [-0.1, -0.05) is 16.1 Å². The molecule has 4 aromatic carbocycles. The predicted octanol–water partition coefficient (Wildman–Crippen LogP) is 5.02. The van der Waals surface area contributed by atoms with Gasteiger partial charge in [-0.2, -0.15) is 21.9 Å². The normalized spacial score (nSPS) is 12.8. The van der Waals surface area contributed by atoms with Crippen LogP contribution in [-0.2, 0) is 67.3 Å². The second kappa shape index (κ2) is 20.5. The molecule has 4 aromatic rings. The Kier molecular flexibility index (Phi) is 16.5. The SMILES string of the molecule is COc1cc(S(=O)(=O)CCOS(=O)(=O)O)c(OC)cc1N=Nc1c(S(=O)(=O)O)cc2cc(SOOO)c(N=Nc3cccc(S(=O)(=O)CCOSOOO)c3)c(O)c2c1N. The Morgan fingerprint density at radius 2 is 1.40 bits per heavy atom. The van der Waals surface area contributed by atoms with Crippen LogP contribution in [0, 0.1) is 0 Å². The molecular weight excluding hydrogens is 935 g/mol. The van der Waals surface area contributed by atoms with Gasteiger partial charge < -0.3 is 20.3 Å². The van der Waals surface area contributed by atoms with Gasteiger partial charge in [-0.05, 0) is 35.7 Å². The number of anilines is 1. The summed E-state index contributed by atoms with van der Waals surface area (Å²) in [6, 6.07) is 8.87. The van der Waals surface area contributed by atoms with Crippen molar-refractivity contribution < 1.29 is 95.0 Å². The second-order valence-electron chi connectivity index (χ2n) is 11.0. The van der Waals surface area contributed by atoms with Crippen LogP contribution in [0.15, 0.2) is 88.6 Å². The fraction of sp³-hybridized carbons (Fsp3) is 0.214. The smallest absolute Gasteiger partial charge is 0.397 e. The molecule has 0 atom stereocenters. The monoisotopic (exact) mass is 963 g/mol. The fourth-order valence-electron chi connectivity index (χ4n) is 4.84. The van der Waals surface area contributed by atoms with Gasteiger partial charge in [-0.15, -0.1) is 24.0 Å². The van der Waals surface area contributed by atoms with Crippen molar-refractivity contribution in [1.82, 2.24) is 0 Å². The molecule has 0 aromatic heterocycles. The molecule has 0 aliphatic heterocycles. The first-order valence-electron chi connectivity index (χ1n) is 15.4. The maximum atomic E-state index is 13.0. The van der Waals surface area contributed by atoms with Gasteiger partial charge in [0.25, 0.3) is 10.1 Å². The highest BCUT2D eigenvalue weighted by atomic mass is 32.3. The zero-order valence-corrected chi connectivity index (χ0v) is 34.9. The number of aromatic hydroxyl groups is 1. The van der Waals surface area contributed by atoms with E-state index >= 15 is 0 Å². The average molecular weight is 964 g/mol. The quantitative estimate of drug-likeness (QED) is 0.0114. The van der Waals surface area contributed by atoms with Crippen LogP contribution < -0.4 is 15.2 Å². The molecule has 26 nitrogen and oxygen atoms in total. The molecule has 32 heteroatoms. The molecule has 0 heterocycles. The van der Waals surface area contributed by atoms with Crippen LogP contribution in [0.4, 0.5) is 28.4 Å². The van der Waals surface area contributed by atoms with Gasteiger partial charge >= 0.3 is 10.4 Å². The highest BCUT2D eigenvalue weighted by Gasteiger charge is 2.27. The molecule has 0 saturated carbocycles. The zero-order chi connectivity index (χ0) is 44.5. The van der Waals surface area contributed by atoms with Gasteiger partial charge in [0, 0.05) is 12.1 Å². The van der Waals surface area contributed by atoms with Crippen LogP contribution in [0.2, 0.25) is 0 Å². The van der Waals surface area contributed by atoms with Gasteiger partial charge in [0.05, 0.1) is 77.5 Å². The Morgan fingerprint density at radius 1 is 0.733 bits per heavy atom. The number of rotatable bonds is 22. The molecule has 0 amide bonds. The van der Waals surface area contributed by atoms with Gasteiger partial charge in [0.2, 0.25) is 0 Å². The maximum Gasteiger partial charge on any atom is 0.397 e. The topological polar surface area (TPSA) is 387 Å². The van der Waals surface area contributed by atoms with E-state index in [-0.39, 0.29) is 74.4 Å². The lowest BCUT2D eigenvalue weighted by Gasteiger charge is -2.15. The number of methoxy groups -OCH3 is 2. The van der Waals surface area contributed by atoms with Crippen LogP contribution in [0.1, 0.15) is 0 Å². The summed E-state index contributed by atoms with van der Waals surface area (Å²) >= 11 is 0.415. The van der Waals surface area contributed by atoms with Crippen molar-refractivity contribution in [1.29, 1.82) is 0 Å². The van der Waals surface area contributed by atoms with E-state index in [0.29, 0.717) is 0 Å². The fourth-order valence-corrected chi connectivity index (χ4v) is 9.10. The molecule has 4 rings (SSSR count). The number of fused-ring (bicyclic) bond motifs is 1. The number of nitrogens with zero attached hydrogens (tertiary/aromatic N) is 4. The van der Waals surface area contributed by atoms with Crippen molar-refractivity contribution in [3.05, 3.63) is 48.5 Å². The Morgan fingerprint density at radius 3 is 2.03 bits per heavy atom. The van der Waals surface area contributed by atoms with Crippen molar-refractivity contribution in [2.45, 2.75) is 19.6 Å². The summed E-state index contributed by atoms with van der Waals surface area (Å²) in [6.45, 7) is -1.36. The molecule has 328 valence electrons. The maximum absolute atomic E-state index is 13.0. The molecular formula is C28H29N5O21S6. The van der Waals surface area contributed by atoms with Gasteiger partial charge in [0.15, 0.2) is 37.7 Å². The first-order valence-corrected chi connectivity index (χ1v) is 23.0. The molecule has 0 saturated heterocycles. The largest absolute Gasteiger partial charge is 0.505 e. The van der Waals surface area contributed by atoms with Crippen LogP contribution in [0.25, 0.3) is 10.8 Å². The summed E-state index contributed by atoms with van der Waals surface area (Å²) in [7, 11) is -16.4. The number of ether oxygens (including phenoxy) is 2. The molecule has 7 N–H and O–H groups in total. The Bertz CT molecular complexity index is 2740. The summed E-state index contributed by atoms with van der Waals surface area (Å²) in [4.78, 5) is -1.94. The third kappa shape index (κ3) is 12.4. The van der Waals surface area contributed by atoms with E-state index < -0.39 is 90.9 Å². The van der Waals surface area contributed by atoms with Crippen molar-refractivity contribution in [3.8, 4) is 17.2 Å². The first-order chi connectivity index (χ1) is 28.2. The lowest BCUT2D eigenvalue weighted by molar-refractivity contribution is -0.434. The van der Waals surface area contributed by atoms with E-state index in [1.54, 1.807) is 0 Å². The van der Waals surface area contributed by atoms with E-state index in [4.69, 9.17) is 34.5 Å². The Labute approximate surface area is 347 Å². The average Bonchev–Trinajstić information content (AvgIpc) is 3.17. The molecule has 0 spiro atoms. The molecule has 60 heavy (non-hydrogen) atoms. The molecule has 0 aliphatic rings. The summed E-state index contributed by atoms with van der Waals surface area (Å²) in [5.74, 6) is -3.02. The number of phenols is 1. The number of benzene rings is 4. The lowest BCUT2D eigenvalue weighted by Crippen LogP contribution is -2.16. The Hall–Kier alpha value is -4.36. The third-order valence-electron chi connectivity index (χ3n) is 7.37. The number of nitrogens with two attached hydrogens (primary N) is 1. The van der Waals surface area contributed by atoms with E-state index in [2.05, 4.69) is 43.4 Å². The summed E-state index contributed by atoms with van der Waals surface area (Å²) in [5.41, 5.74) is 4.10. The van der Waals surface area contributed by atoms with Crippen LogP contribution in [0.3, 0.4) is 0 Å². The third-order valence-corrected chi connectivity index (χ3v) is 13.1. The van der Waals surface area contributed by atoms with Crippen LogP contribution >= 0.6 is 24.4 Å². The standard InChI is InChI=1S/C28H29N5O21S6/c1-47-19-14-22(58(39,40)9-7-50-60(44,45)46)20(48-2)13-18(19)31-33-27-23(59(41,42)43)11-15-10-21(55-53-51-35)26(28(34)24(15)25(27)29)32-30-16-4-3-5-17(12-16)57(37,38)8-6-49-56-54-52-36/h3-5,10-14,34-36H,6-9,29H2,1-2H3,(H,41,42,43)(H,44,45,46). The number of phenolic OH excluding ortho intramolecular Hbond substituents is 1. The second-order valence-corrected chi connectivity index (χ2v) is 18.9. The number of sulfone groups is 2. The van der Waals surface area contributed by atoms with E-state index in [1.807, 2.05) is 0 Å². The first kappa shape index (κ1) is 48.3. The minimum atomic E-state index is -5.20. The number of hydrogen-bond acceptors (Lipinski definition) is 26. The van der Waals surface area contributed by atoms with E-state index in [1.165, 1.54) is 18.2 Å². The molecule has 0 fully saturated rings. The van der Waals surface area contributed by atoms with Crippen molar-refractivity contribution >= 4 is 104 Å². The summed E-state index contributed by atoms with van der Waals surface area (Å²) < 4.78 is 145. The van der Waals surface area contributed by atoms with Crippen molar-refractivity contribution in [2.75, 3.05) is 44.7 Å². The van der Waals surface area contributed by atoms with Gasteiger partial charge in [0.1, 0.15) is 38.4 Å². The van der Waals surface area contributed by atoms with Gasteiger partial charge in [-0.25, -0.2) is 31.5 Å². The zero-order valence-electron chi connectivity index (χ0n) is 30.0. The van der Waals surface area contributed by atoms with Gasteiger partial charge in [-0.3, -0.25) is 13.3 Å². The predicted molar refractivity (Wildman–Crippen MR) is 205 cm³/mol. The highest BCUT2D eigenvalue weighted by molar-refractivity contribution is 7.94. The van der Waals surface area contributed by atoms with E-state index in [0.717, 1.165) is 44.6 Å². The molecule has 0 unspecified atom stereocenters. The van der Waals surface area contributed by atoms with Crippen LogP contribution in [0.5, 0.6) is 17.2 Å². The minimum absolute atomic E-state index is 0.0722. The highest BCUT2D eigenvalue weighted by Crippen LogP contribution is 2.50. The van der Waals surface area contributed by atoms with Crippen molar-refractivity contribution in [3.63, 3.8) is 0 Å². The summed E-state index contributed by atoms with van der Waals surface area (Å²) in [5, 5.41) is 50.6.